The van der Waals surface area contributed by atoms with Crippen LogP contribution >= 0.6 is 11.8 Å². The van der Waals surface area contributed by atoms with Crippen molar-refractivity contribution in [3.63, 3.8) is 0 Å². The lowest BCUT2D eigenvalue weighted by atomic mass is 10.1. The Hall–Kier alpha value is -0.770. The van der Waals surface area contributed by atoms with E-state index in [0.29, 0.717) is 5.25 Å². The minimum atomic E-state index is 0.0950. The number of aryl methyl sites for hydroxylation is 1. The van der Waals surface area contributed by atoms with Crippen LogP contribution in [0.25, 0.3) is 0 Å². The lowest BCUT2D eigenvalue weighted by molar-refractivity contribution is 0.100. The summed E-state index contributed by atoms with van der Waals surface area (Å²) in [7, 11) is 1.84. The van der Waals surface area contributed by atoms with E-state index in [1.165, 1.54) is 25.0 Å². The van der Waals surface area contributed by atoms with Gasteiger partial charge in [0.05, 0.1) is 5.69 Å². The van der Waals surface area contributed by atoms with Crippen molar-refractivity contribution in [2.75, 3.05) is 5.75 Å². The molecule has 4 heteroatoms. The first-order valence-electron chi connectivity index (χ1n) is 5.82. The van der Waals surface area contributed by atoms with Crippen LogP contribution in [-0.4, -0.2) is 26.6 Å². The number of ketones is 1. The monoisotopic (exact) mass is 238 g/mol. The molecule has 2 heterocycles. The topological polar surface area (TPSA) is 34.9 Å². The van der Waals surface area contributed by atoms with Gasteiger partial charge in [0.2, 0.25) is 0 Å². The highest BCUT2D eigenvalue weighted by Crippen LogP contribution is 2.27. The summed E-state index contributed by atoms with van der Waals surface area (Å²) in [5, 5.41) is 5.11. The number of aromatic nitrogens is 2. The molecule has 0 amide bonds. The van der Waals surface area contributed by atoms with Crippen molar-refractivity contribution in [2.24, 2.45) is 7.05 Å². The standard InChI is InChI=1S/C12H18N2OS/c1-9(15)12-8-10(13-14(12)2)7-11-5-3-4-6-16-11/h8,11H,3-7H2,1-2H3. The van der Waals surface area contributed by atoms with Gasteiger partial charge in [0, 0.05) is 25.6 Å². The molecule has 1 unspecified atom stereocenters. The number of nitrogens with zero attached hydrogens (tertiary/aromatic N) is 2. The van der Waals surface area contributed by atoms with Gasteiger partial charge in [-0.25, -0.2) is 0 Å². The van der Waals surface area contributed by atoms with Gasteiger partial charge in [-0.05, 0) is 24.7 Å². The SMILES string of the molecule is CC(=O)c1cc(CC2CCCCS2)nn1C. The number of rotatable bonds is 3. The largest absolute Gasteiger partial charge is 0.293 e. The third kappa shape index (κ3) is 2.67. The van der Waals surface area contributed by atoms with E-state index in [4.69, 9.17) is 0 Å². The highest BCUT2D eigenvalue weighted by atomic mass is 32.2. The molecular weight excluding hydrogens is 220 g/mol. The van der Waals surface area contributed by atoms with Crippen LogP contribution in [0.4, 0.5) is 0 Å². The summed E-state index contributed by atoms with van der Waals surface area (Å²) in [5.74, 6) is 1.37. The fraction of sp³-hybridized carbons (Fsp3) is 0.667. The van der Waals surface area contributed by atoms with E-state index in [-0.39, 0.29) is 5.78 Å². The maximum Gasteiger partial charge on any atom is 0.177 e. The van der Waals surface area contributed by atoms with Crippen molar-refractivity contribution in [1.82, 2.24) is 9.78 Å². The molecule has 88 valence electrons. The lowest BCUT2D eigenvalue weighted by Crippen LogP contribution is -2.12. The average molecular weight is 238 g/mol. The number of thioether (sulfide) groups is 1. The van der Waals surface area contributed by atoms with Crippen molar-refractivity contribution in [1.29, 1.82) is 0 Å². The lowest BCUT2D eigenvalue weighted by Gasteiger charge is -2.19. The Morgan fingerprint density at radius 2 is 2.44 bits per heavy atom. The second-order valence-electron chi connectivity index (χ2n) is 4.39. The van der Waals surface area contributed by atoms with Gasteiger partial charge in [-0.1, -0.05) is 6.42 Å². The summed E-state index contributed by atoms with van der Waals surface area (Å²) in [5.41, 5.74) is 1.78. The Balaban J connectivity index is 2.03. The van der Waals surface area contributed by atoms with Gasteiger partial charge in [0.25, 0.3) is 0 Å². The van der Waals surface area contributed by atoms with E-state index in [9.17, 15) is 4.79 Å². The summed E-state index contributed by atoms with van der Waals surface area (Å²) in [6, 6.07) is 1.94. The van der Waals surface area contributed by atoms with Gasteiger partial charge in [-0.3, -0.25) is 9.48 Å². The van der Waals surface area contributed by atoms with Crippen molar-refractivity contribution in [2.45, 2.75) is 37.9 Å². The van der Waals surface area contributed by atoms with E-state index in [2.05, 4.69) is 5.10 Å². The van der Waals surface area contributed by atoms with Crippen LogP contribution in [0.2, 0.25) is 0 Å². The summed E-state index contributed by atoms with van der Waals surface area (Å²) in [4.78, 5) is 11.3. The van der Waals surface area contributed by atoms with Crippen molar-refractivity contribution in [3.05, 3.63) is 17.5 Å². The number of hydrogen-bond acceptors (Lipinski definition) is 3. The molecule has 0 radical (unpaired) electrons. The first-order valence-corrected chi connectivity index (χ1v) is 6.87. The molecule has 1 aliphatic heterocycles. The summed E-state index contributed by atoms with van der Waals surface area (Å²) < 4.78 is 1.70. The van der Waals surface area contributed by atoms with E-state index < -0.39 is 0 Å². The molecule has 16 heavy (non-hydrogen) atoms. The zero-order valence-corrected chi connectivity index (χ0v) is 10.7. The Labute approximate surface area is 101 Å². The fourth-order valence-corrected chi connectivity index (χ4v) is 3.48. The zero-order chi connectivity index (χ0) is 11.5. The molecular formula is C12H18N2OS. The number of Topliss-reactive ketones (excluding diaryl/α,β-unsaturated/α-hetero) is 1. The van der Waals surface area contributed by atoms with Crippen LogP contribution in [0, 0.1) is 0 Å². The van der Waals surface area contributed by atoms with Crippen LogP contribution in [0.15, 0.2) is 6.07 Å². The van der Waals surface area contributed by atoms with Crippen molar-refractivity contribution in [3.8, 4) is 0 Å². The highest BCUT2D eigenvalue weighted by molar-refractivity contribution is 7.99. The Morgan fingerprint density at radius 3 is 3.00 bits per heavy atom. The van der Waals surface area contributed by atoms with Crippen LogP contribution in [0.1, 0.15) is 42.4 Å². The number of carbonyl (C=O) groups excluding carboxylic acids is 1. The van der Waals surface area contributed by atoms with Crippen LogP contribution in [-0.2, 0) is 13.5 Å². The summed E-state index contributed by atoms with van der Waals surface area (Å²) in [6.07, 6.45) is 4.98. The minimum Gasteiger partial charge on any atom is -0.293 e. The Bertz CT molecular complexity index is 380. The van der Waals surface area contributed by atoms with Gasteiger partial charge in [0.1, 0.15) is 5.69 Å². The zero-order valence-electron chi connectivity index (χ0n) is 9.90. The van der Waals surface area contributed by atoms with Crippen LogP contribution in [0.3, 0.4) is 0 Å². The van der Waals surface area contributed by atoms with E-state index in [1.54, 1.807) is 11.6 Å². The molecule has 0 saturated carbocycles. The van der Waals surface area contributed by atoms with Crippen LogP contribution in [0.5, 0.6) is 0 Å². The third-order valence-corrected chi connectivity index (χ3v) is 4.40. The van der Waals surface area contributed by atoms with Gasteiger partial charge in [-0.2, -0.15) is 16.9 Å². The quantitative estimate of drug-likeness (QED) is 0.759. The molecule has 1 aromatic heterocycles. The van der Waals surface area contributed by atoms with Crippen molar-refractivity contribution < 1.29 is 4.79 Å². The average Bonchev–Trinajstić information content (AvgIpc) is 2.61. The van der Waals surface area contributed by atoms with E-state index in [1.807, 2.05) is 24.9 Å². The van der Waals surface area contributed by atoms with E-state index >= 15 is 0 Å². The van der Waals surface area contributed by atoms with Crippen molar-refractivity contribution >= 4 is 17.5 Å². The number of carbonyl (C=O) groups is 1. The third-order valence-electron chi connectivity index (χ3n) is 3.00. The second-order valence-corrected chi connectivity index (χ2v) is 5.80. The summed E-state index contributed by atoms with van der Waals surface area (Å²) in [6.45, 7) is 1.59. The maximum absolute atomic E-state index is 11.3. The molecule has 1 aromatic rings. The molecule has 1 fully saturated rings. The maximum atomic E-state index is 11.3. The second kappa shape index (κ2) is 5.04. The van der Waals surface area contributed by atoms with Gasteiger partial charge in [0.15, 0.2) is 5.78 Å². The molecule has 2 rings (SSSR count). The molecule has 1 aliphatic rings. The summed E-state index contributed by atoms with van der Waals surface area (Å²) >= 11 is 2.05. The fourth-order valence-electron chi connectivity index (χ4n) is 2.16. The molecule has 3 nitrogen and oxygen atoms in total. The molecule has 0 aliphatic carbocycles. The predicted octanol–water partition coefficient (Wildman–Crippen LogP) is 2.45. The van der Waals surface area contributed by atoms with Crippen LogP contribution < -0.4 is 0 Å². The minimum absolute atomic E-state index is 0.0950. The molecule has 0 spiro atoms. The molecule has 1 atom stereocenters. The molecule has 0 bridgehead atoms. The van der Waals surface area contributed by atoms with Gasteiger partial charge in [-0.15, -0.1) is 0 Å². The van der Waals surface area contributed by atoms with Gasteiger partial charge >= 0.3 is 0 Å². The predicted molar refractivity (Wildman–Crippen MR) is 67.0 cm³/mol. The first-order chi connectivity index (χ1) is 7.66. The first kappa shape index (κ1) is 11.7. The Kier molecular flexibility index (Phi) is 3.69. The molecule has 0 N–H and O–H groups in total. The normalized spacial score (nSPS) is 21.0. The van der Waals surface area contributed by atoms with E-state index in [0.717, 1.165) is 17.8 Å². The molecule has 0 aromatic carbocycles. The van der Waals surface area contributed by atoms with Gasteiger partial charge < -0.3 is 0 Å². The number of hydrogen-bond donors (Lipinski definition) is 0. The smallest absolute Gasteiger partial charge is 0.177 e. The highest BCUT2D eigenvalue weighted by Gasteiger charge is 2.17. The molecule has 1 saturated heterocycles. The Morgan fingerprint density at radius 1 is 1.62 bits per heavy atom.